The summed E-state index contributed by atoms with van der Waals surface area (Å²) in [6, 6.07) is 10.8. The maximum atomic E-state index is 12.0. The minimum Gasteiger partial charge on any atom is -0.399 e. The van der Waals surface area contributed by atoms with E-state index in [4.69, 9.17) is 5.73 Å². The first kappa shape index (κ1) is 11.3. The third-order valence-corrected chi connectivity index (χ3v) is 2.55. The molecule has 2 rings (SSSR count). The second-order valence-corrected chi connectivity index (χ2v) is 3.76. The molecule has 0 saturated heterocycles. The normalized spacial score (nSPS) is 10.2. The molecular formula is C13H15N3O. The number of hydrogen-bond donors (Lipinski definition) is 2. The Hall–Kier alpha value is -2.23. The topological polar surface area (TPSA) is 60.0 Å². The van der Waals surface area contributed by atoms with Crippen molar-refractivity contribution in [2.75, 3.05) is 11.1 Å². The molecule has 0 spiro atoms. The lowest BCUT2D eigenvalue weighted by molar-refractivity contribution is 0.101. The second-order valence-electron chi connectivity index (χ2n) is 3.76. The number of nitrogens with one attached hydrogen (secondary N) is 1. The zero-order valence-electron chi connectivity index (χ0n) is 9.68. The van der Waals surface area contributed by atoms with Gasteiger partial charge in [-0.15, -0.1) is 0 Å². The summed E-state index contributed by atoms with van der Waals surface area (Å²) in [7, 11) is 0. The van der Waals surface area contributed by atoms with E-state index in [0.29, 0.717) is 17.1 Å². The van der Waals surface area contributed by atoms with Crippen LogP contribution in [0.25, 0.3) is 0 Å². The van der Waals surface area contributed by atoms with Crippen molar-refractivity contribution in [2.24, 2.45) is 0 Å². The molecule has 3 N–H and O–H groups in total. The molecule has 1 heterocycles. The summed E-state index contributed by atoms with van der Waals surface area (Å²) in [6.45, 7) is 2.77. The maximum Gasteiger partial charge on any atom is 0.272 e. The van der Waals surface area contributed by atoms with Crippen LogP contribution in [0.3, 0.4) is 0 Å². The SMILES string of the molecule is CCn1cccc1C(=O)Nc1cccc(N)c1. The number of aromatic nitrogens is 1. The lowest BCUT2D eigenvalue weighted by atomic mass is 10.2. The molecule has 4 heteroatoms. The average molecular weight is 229 g/mol. The average Bonchev–Trinajstić information content (AvgIpc) is 2.77. The number of carbonyl (C=O) groups excluding carboxylic acids is 1. The van der Waals surface area contributed by atoms with Crippen molar-refractivity contribution in [2.45, 2.75) is 13.5 Å². The number of anilines is 2. The lowest BCUT2D eigenvalue weighted by Crippen LogP contribution is -2.16. The van der Waals surface area contributed by atoms with Crippen molar-refractivity contribution < 1.29 is 4.79 Å². The van der Waals surface area contributed by atoms with Crippen LogP contribution in [0.5, 0.6) is 0 Å². The highest BCUT2D eigenvalue weighted by molar-refractivity contribution is 6.03. The van der Waals surface area contributed by atoms with E-state index in [0.717, 1.165) is 6.54 Å². The summed E-state index contributed by atoms with van der Waals surface area (Å²) in [6.07, 6.45) is 1.88. The Morgan fingerprint density at radius 2 is 2.18 bits per heavy atom. The molecule has 0 aliphatic carbocycles. The number of aryl methyl sites for hydroxylation is 1. The first-order chi connectivity index (χ1) is 8.20. The molecule has 1 aromatic carbocycles. The van der Waals surface area contributed by atoms with Crippen LogP contribution in [0.2, 0.25) is 0 Å². The summed E-state index contributed by atoms with van der Waals surface area (Å²) < 4.78 is 1.89. The van der Waals surface area contributed by atoms with Crippen molar-refractivity contribution in [3.8, 4) is 0 Å². The molecule has 0 unspecified atom stereocenters. The molecule has 0 saturated carbocycles. The van der Waals surface area contributed by atoms with Gasteiger partial charge in [-0.1, -0.05) is 6.07 Å². The van der Waals surface area contributed by atoms with Gasteiger partial charge in [-0.25, -0.2) is 0 Å². The summed E-state index contributed by atoms with van der Waals surface area (Å²) in [5.74, 6) is -0.123. The number of hydrogen-bond acceptors (Lipinski definition) is 2. The van der Waals surface area contributed by atoms with Crippen LogP contribution in [-0.2, 0) is 6.54 Å². The van der Waals surface area contributed by atoms with Gasteiger partial charge in [0, 0.05) is 24.1 Å². The highest BCUT2D eigenvalue weighted by atomic mass is 16.1. The molecule has 4 nitrogen and oxygen atoms in total. The highest BCUT2D eigenvalue weighted by Gasteiger charge is 2.09. The van der Waals surface area contributed by atoms with Gasteiger partial charge < -0.3 is 15.6 Å². The van der Waals surface area contributed by atoms with Gasteiger partial charge in [0.15, 0.2) is 0 Å². The number of nitrogens with zero attached hydrogens (tertiary/aromatic N) is 1. The molecule has 0 fully saturated rings. The maximum absolute atomic E-state index is 12.0. The third-order valence-electron chi connectivity index (χ3n) is 2.55. The Balaban J connectivity index is 2.17. The van der Waals surface area contributed by atoms with Crippen molar-refractivity contribution in [1.82, 2.24) is 4.57 Å². The van der Waals surface area contributed by atoms with Gasteiger partial charge in [-0.2, -0.15) is 0 Å². The van der Waals surface area contributed by atoms with E-state index in [-0.39, 0.29) is 5.91 Å². The standard InChI is InChI=1S/C13H15N3O/c1-2-16-8-4-7-12(16)13(17)15-11-6-3-5-10(14)9-11/h3-9H,2,14H2,1H3,(H,15,17). The molecule has 1 aromatic heterocycles. The first-order valence-electron chi connectivity index (χ1n) is 5.52. The number of carbonyl (C=O) groups is 1. The van der Waals surface area contributed by atoms with E-state index >= 15 is 0 Å². The molecule has 88 valence electrons. The lowest BCUT2D eigenvalue weighted by Gasteiger charge is -2.08. The van der Waals surface area contributed by atoms with Gasteiger partial charge >= 0.3 is 0 Å². The fraction of sp³-hybridized carbons (Fsp3) is 0.154. The van der Waals surface area contributed by atoms with Gasteiger partial charge in [0.05, 0.1) is 0 Å². The highest BCUT2D eigenvalue weighted by Crippen LogP contribution is 2.13. The number of nitrogen functional groups attached to an aromatic ring is 1. The predicted octanol–water partition coefficient (Wildman–Crippen LogP) is 2.34. The van der Waals surface area contributed by atoms with Gasteiger partial charge in [0.25, 0.3) is 5.91 Å². The summed E-state index contributed by atoms with van der Waals surface area (Å²) in [5.41, 5.74) is 7.64. The molecule has 0 aliphatic rings. The van der Waals surface area contributed by atoms with Gasteiger partial charge in [-0.05, 0) is 37.3 Å². The number of rotatable bonds is 3. The predicted molar refractivity (Wildman–Crippen MR) is 68.9 cm³/mol. The molecule has 0 radical (unpaired) electrons. The van der Waals surface area contributed by atoms with E-state index in [9.17, 15) is 4.79 Å². The van der Waals surface area contributed by atoms with Crippen molar-refractivity contribution in [3.05, 3.63) is 48.3 Å². The summed E-state index contributed by atoms with van der Waals surface area (Å²) >= 11 is 0. The van der Waals surface area contributed by atoms with Crippen LogP contribution >= 0.6 is 0 Å². The number of amides is 1. The van der Waals surface area contributed by atoms with Crippen molar-refractivity contribution in [1.29, 1.82) is 0 Å². The van der Waals surface area contributed by atoms with E-state index in [1.807, 2.05) is 35.9 Å². The van der Waals surface area contributed by atoms with E-state index < -0.39 is 0 Å². The molecule has 1 amide bonds. The zero-order chi connectivity index (χ0) is 12.3. The Bertz CT molecular complexity index is 531. The van der Waals surface area contributed by atoms with Gasteiger partial charge in [-0.3, -0.25) is 4.79 Å². The van der Waals surface area contributed by atoms with Crippen LogP contribution in [0.4, 0.5) is 11.4 Å². The smallest absolute Gasteiger partial charge is 0.272 e. The van der Waals surface area contributed by atoms with Crippen LogP contribution < -0.4 is 11.1 Å². The third kappa shape index (κ3) is 2.47. The molecule has 2 aromatic rings. The largest absolute Gasteiger partial charge is 0.399 e. The van der Waals surface area contributed by atoms with Gasteiger partial charge in [0.1, 0.15) is 5.69 Å². The van der Waals surface area contributed by atoms with Crippen LogP contribution in [0, 0.1) is 0 Å². The molecule has 0 atom stereocenters. The quantitative estimate of drug-likeness (QED) is 0.793. The first-order valence-corrected chi connectivity index (χ1v) is 5.52. The summed E-state index contributed by atoms with van der Waals surface area (Å²) in [4.78, 5) is 12.0. The van der Waals surface area contributed by atoms with Crippen molar-refractivity contribution >= 4 is 17.3 Å². The fourth-order valence-corrected chi connectivity index (χ4v) is 1.71. The van der Waals surface area contributed by atoms with Gasteiger partial charge in [0.2, 0.25) is 0 Å². The summed E-state index contributed by atoms with van der Waals surface area (Å²) in [5, 5.41) is 2.82. The molecule has 0 aliphatic heterocycles. The van der Waals surface area contributed by atoms with E-state index in [1.165, 1.54) is 0 Å². The Morgan fingerprint density at radius 1 is 1.35 bits per heavy atom. The molecule has 0 bridgehead atoms. The minimum atomic E-state index is -0.123. The van der Waals surface area contributed by atoms with E-state index in [1.54, 1.807) is 18.2 Å². The van der Waals surface area contributed by atoms with Crippen LogP contribution in [0.1, 0.15) is 17.4 Å². The Labute approximate surface area is 100 Å². The second kappa shape index (κ2) is 4.74. The minimum absolute atomic E-state index is 0.123. The van der Waals surface area contributed by atoms with Crippen LogP contribution in [0.15, 0.2) is 42.6 Å². The Morgan fingerprint density at radius 3 is 2.88 bits per heavy atom. The zero-order valence-corrected chi connectivity index (χ0v) is 9.68. The van der Waals surface area contributed by atoms with Crippen molar-refractivity contribution in [3.63, 3.8) is 0 Å². The van der Waals surface area contributed by atoms with E-state index in [2.05, 4.69) is 5.32 Å². The number of nitrogens with two attached hydrogens (primary N) is 1. The van der Waals surface area contributed by atoms with Crippen LogP contribution in [-0.4, -0.2) is 10.5 Å². The molecular weight excluding hydrogens is 214 g/mol. The number of benzene rings is 1. The monoisotopic (exact) mass is 229 g/mol. The Kier molecular flexibility index (Phi) is 3.14. The molecule has 17 heavy (non-hydrogen) atoms. The fourth-order valence-electron chi connectivity index (χ4n) is 1.71.